The third-order valence-corrected chi connectivity index (χ3v) is 2.94. The zero-order valence-electron chi connectivity index (χ0n) is 7.02. The molecule has 2 heterocycles. The van der Waals surface area contributed by atoms with Crippen molar-refractivity contribution in [3.63, 3.8) is 0 Å². The molecule has 0 saturated carbocycles. The van der Waals surface area contributed by atoms with E-state index in [9.17, 15) is 0 Å². The van der Waals surface area contributed by atoms with Crippen molar-refractivity contribution in [3.05, 3.63) is 21.9 Å². The van der Waals surface area contributed by atoms with Crippen LogP contribution < -0.4 is 5.32 Å². The van der Waals surface area contributed by atoms with Crippen LogP contribution in [-0.4, -0.2) is 11.5 Å². The summed E-state index contributed by atoms with van der Waals surface area (Å²) in [4.78, 5) is 4.47. The van der Waals surface area contributed by atoms with E-state index in [4.69, 9.17) is 0 Å². The van der Waals surface area contributed by atoms with Crippen LogP contribution in [0.3, 0.4) is 0 Å². The van der Waals surface area contributed by atoms with Gasteiger partial charge in [-0.2, -0.15) is 0 Å². The summed E-state index contributed by atoms with van der Waals surface area (Å²) in [5.41, 5.74) is 3.60. The van der Waals surface area contributed by atoms with Crippen LogP contribution in [0.1, 0.15) is 17.7 Å². The van der Waals surface area contributed by atoms with E-state index < -0.39 is 0 Å². The minimum atomic E-state index is 0.977. The maximum Gasteiger partial charge on any atom is 0.109 e. The van der Waals surface area contributed by atoms with Crippen LogP contribution in [0.2, 0.25) is 0 Å². The lowest BCUT2D eigenvalue weighted by Gasteiger charge is -2.17. The fourth-order valence-electron chi connectivity index (χ4n) is 1.45. The SMILES string of the molecule is Cc1cc2c(nc1Br)CCCN2. The molecule has 0 aliphatic carbocycles. The van der Waals surface area contributed by atoms with Crippen LogP contribution >= 0.6 is 15.9 Å². The fraction of sp³-hybridized carbons (Fsp3) is 0.444. The van der Waals surface area contributed by atoms with Gasteiger partial charge in [0.05, 0.1) is 11.4 Å². The maximum absolute atomic E-state index is 4.47. The van der Waals surface area contributed by atoms with E-state index in [2.05, 4.69) is 39.2 Å². The molecule has 0 saturated heterocycles. The summed E-state index contributed by atoms with van der Waals surface area (Å²) in [5.74, 6) is 0. The molecule has 0 radical (unpaired) electrons. The van der Waals surface area contributed by atoms with Crippen molar-refractivity contribution in [3.8, 4) is 0 Å². The molecule has 1 aliphatic heterocycles. The van der Waals surface area contributed by atoms with Gasteiger partial charge in [-0.15, -0.1) is 0 Å². The number of hydrogen-bond donors (Lipinski definition) is 1. The number of hydrogen-bond acceptors (Lipinski definition) is 2. The molecule has 3 heteroatoms. The Morgan fingerprint density at radius 1 is 1.58 bits per heavy atom. The highest BCUT2D eigenvalue weighted by molar-refractivity contribution is 9.10. The first-order valence-corrected chi connectivity index (χ1v) is 4.96. The Hall–Kier alpha value is -0.570. The largest absolute Gasteiger partial charge is 0.384 e. The molecule has 1 aromatic heterocycles. The van der Waals surface area contributed by atoms with Crippen LogP contribution in [-0.2, 0) is 6.42 Å². The monoisotopic (exact) mass is 226 g/mol. The zero-order valence-corrected chi connectivity index (χ0v) is 8.61. The molecule has 0 unspecified atom stereocenters. The van der Waals surface area contributed by atoms with E-state index in [0.717, 1.165) is 17.6 Å². The average molecular weight is 227 g/mol. The molecule has 1 N–H and O–H groups in total. The minimum Gasteiger partial charge on any atom is -0.384 e. The van der Waals surface area contributed by atoms with Crippen molar-refractivity contribution in [1.29, 1.82) is 0 Å². The first kappa shape index (κ1) is 8.05. The molecule has 1 aromatic rings. The first-order valence-electron chi connectivity index (χ1n) is 4.17. The molecule has 0 spiro atoms. The van der Waals surface area contributed by atoms with Gasteiger partial charge in [0.1, 0.15) is 4.60 Å². The van der Waals surface area contributed by atoms with Gasteiger partial charge in [-0.1, -0.05) is 0 Å². The number of anilines is 1. The third kappa shape index (κ3) is 1.33. The predicted octanol–water partition coefficient (Wildman–Crippen LogP) is 2.51. The first-order chi connectivity index (χ1) is 5.77. The van der Waals surface area contributed by atoms with Gasteiger partial charge in [0.15, 0.2) is 0 Å². The molecule has 0 aromatic carbocycles. The van der Waals surface area contributed by atoms with Crippen LogP contribution in [0, 0.1) is 6.92 Å². The lowest BCUT2D eigenvalue weighted by molar-refractivity contribution is 0.797. The Balaban J connectivity index is 2.49. The number of aromatic nitrogens is 1. The van der Waals surface area contributed by atoms with E-state index in [0.29, 0.717) is 0 Å². The van der Waals surface area contributed by atoms with Gasteiger partial charge in [0.2, 0.25) is 0 Å². The predicted molar refractivity (Wildman–Crippen MR) is 53.5 cm³/mol. The van der Waals surface area contributed by atoms with Crippen molar-refractivity contribution in [1.82, 2.24) is 4.98 Å². The van der Waals surface area contributed by atoms with E-state index in [1.165, 1.54) is 23.4 Å². The molecule has 0 amide bonds. The van der Waals surface area contributed by atoms with Crippen LogP contribution in [0.5, 0.6) is 0 Å². The quantitative estimate of drug-likeness (QED) is 0.689. The molecule has 12 heavy (non-hydrogen) atoms. The Morgan fingerprint density at radius 3 is 3.25 bits per heavy atom. The Morgan fingerprint density at radius 2 is 2.42 bits per heavy atom. The summed E-state index contributed by atoms with van der Waals surface area (Å²) in [6.45, 7) is 3.14. The van der Waals surface area contributed by atoms with E-state index in [1.54, 1.807) is 0 Å². The van der Waals surface area contributed by atoms with Crippen LogP contribution in [0.15, 0.2) is 10.7 Å². The lowest BCUT2D eigenvalue weighted by atomic mass is 10.1. The molecule has 2 nitrogen and oxygen atoms in total. The lowest BCUT2D eigenvalue weighted by Crippen LogP contribution is -2.13. The molecular weight excluding hydrogens is 216 g/mol. The number of pyridine rings is 1. The van der Waals surface area contributed by atoms with Crippen molar-refractivity contribution in [2.75, 3.05) is 11.9 Å². The number of nitrogens with zero attached hydrogens (tertiary/aromatic N) is 1. The second kappa shape index (κ2) is 3.05. The second-order valence-electron chi connectivity index (χ2n) is 3.12. The number of aryl methyl sites for hydroxylation is 2. The summed E-state index contributed by atoms with van der Waals surface area (Å²) >= 11 is 3.44. The van der Waals surface area contributed by atoms with Gasteiger partial charge < -0.3 is 5.32 Å². The molecular formula is C9H11BrN2. The molecule has 2 rings (SSSR count). The highest BCUT2D eigenvalue weighted by Gasteiger charge is 2.11. The summed E-state index contributed by atoms with van der Waals surface area (Å²) in [7, 11) is 0. The standard InChI is InChI=1S/C9H11BrN2/c1-6-5-8-7(12-9(6)10)3-2-4-11-8/h5,11H,2-4H2,1H3. The Bertz CT molecular complexity index is 279. The fourth-order valence-corrected chi connectivity index (χ4v) is 1.78. The van der Waals surface area contributed by atoms with Crippen LogP contribution in [0.4, 0.5) is 5.69 Å². The Kier molecular flexibility index (Phi) is 2.05. The molecule has 0 bridgehead atoms. The van der Waals surface area contributed by atoms with Crippen molar-refractivity contribution < 1.29 is 0 Å². The summed E-state index contributed by atoms with van der Waals surface area (Å²) in [6, 6.07) is 2.16. The molecule has 1 aliphatic rings. The summed E-state index contributed by atoms with van der Waals surface area (Å²) < 4.78 is 0.977. The average Bonchev–Trinajstić information content (AvgIpc) is 2.07. The van der Waals surface area contributed by atoms with Gasteiger partial charge in [0, 0.05) is 6.54 Å². The topological polar surface area (TPSA) is 24.9 Å². The highest BCUT2D eigenvalue weighted by atomic mass is 79.9. The highest BCUT2D eigenvalue weighted by Crippen LogP contribution is 2.24. The van der Waals surface area contributed by atoms with Gasteiger partial charge in [-0.25, -0.2) is 4.98 Å². The minimum absolute atomic E-state index is 0.977. The molecule has 0 fully saturated rings. The normalized spacial score (nSPS) is 15.2. The van der Waals surface area contributed by atoms with Crippen LogP contribution in [0.25, 0.3) is 0 Å². The van der Waals surface area contributed by atoms with Crippen molar-refractivity contribution >= 4 is 21.6 Å². The number of nitrogens with one attached hydrogen (secondary N) is 1. The third-order valence-electron chi connectivity index (χ3n) is 2.14. The van der Waals surface area contributed by atoms with Crippen molar-refractivity contribution in [2.24, 2.45) is 0 Å². The van der Waals surface area contributed by atoms with Gasteiger partial charge in [-0.05, 0) is 47.3 Å². The molecule has 0 atom stereocenters. The number of rotatable bonds is 0. The van der Waals surface area contributed by atoms with Gasteiger partial charge >= 0.3 is 0 Å². The maximum atomic E-state index is 4.47. The Labute approximate surface area is 80.5 Å². The zero-order chi connectivity index (χ0) is 8.55. The van der Waals surface area contributed by atoms with Gasteiger partial charge in [0.25, 0.3) is 0 Å². The number of halogens is 1. The van der Waals surface area contributed by atoms with Crippen molar-refractivity contribution in [2.45, 2.75) is 19.8 Å². The smallest absolute Gasteiger partial charge is 0.109 e. The number of fused-ring (bicyclic) bond motifs is 1. The summed E-state index contributed by atoms with van der Waals surface area (Å²) in [5, 5.41) is 3.35. The molecule has 64 valence electrons. The second-order valence-corrected chi connectivity index (χ2v) is 3.87. The van der Waals surface area contributed by atoms with Gasteiger partial charge in [-0.3, -0.25) is 0 Å². The van der Waals surface area contributed by atoms with E-state index >= 15 is 0 Å². The van der Waals surface area contributed by atoms with E-state index in [1.807, 2.05) is 0 Å². The van der Waals surface area contributed by atoms with E-state index in [-0.39, 0.29) is 0 Å². The summed E-state index contributed by atoms with van der Waals surface area (Å²) in [6.07, 6.45) is 2.29.